The number of hydrazine groups is 1. The first-order valence-corrected chi connectivity index (χ1v) is 8.37. The maximum absolute atomic E-state index is 12.0. The quantitative estimate of drug-likeness (QED) is 0.656. The molecule has 0 bridgehead atoms. The minimum atomic E-state index is -0.583. The van der Waals surface area contributed by atoms with Gasteiger partial charge in [-0.3, -0.25) is 25.8 Å². The van der Waals surface area contributed by atoms with Crippen molar-refractivity contribution in [2.24, 2.45) is 0 Å². The zero-order chi connectivity index (χ0) is 19.6. The number of hydrogen-bond donors (Lipinski definition) is 3. The number of halogens is 1. The molecule has 0 aliphatic carbocycles. The van der Waals surface area contributed by atoms with E-state index < -0.39 is 17.9 Å². The number of carbonyl (C=O) groups excluding carboxylic acids is 3. The molecule has 8 nitrogen and oxygen atoms in total. The molecule has 9 heteroatoms. The van der Waals surface area contributed by atoms with Crippen LogP contribution in [0.15, 0.2) is 48.5 Å². The van der Waals surface area contributed by atoms with Crippen molar-refractivity contribution >= 4 is 35.2 Å². The number of para-hydroxylation sites is 1. The second kappa shape index (κ2) is 10.0. The lowest BCUT2D eigenvalue weighted by Crippen LogP contribution is -2.43. The van der Waals surface area contributed by atoms with Gasteiger partial charge in [-0.2, -0.15) is 0 Å². The number of hydrogen-bond acceptors (Lipinski definition) is 5. The van der Waals surface area contributed by atoms with Crippen LogP contribution in [-0.2, 0) is 9.53 Å². The third kappa shape index (κ3) is 6.52. The van der Waals surface area contributed by atoms with Crippen LogP contribution in [0.4, 0.5) is 10.5 Å². The lowest BCUT2D eigenvalue weighted by Gasteiger charge is -2.10. The Morgan fingerprint density at radius 1 is 1.00 bits per heavy atom. The summed E-state index contributed by atoms with van der Waals surface area (Å²) in [6.07, 6.45) is -0.583. The standard InChI is InChI=1S/C18H18ClN3O5/c1-2-26-18(25)20-13-9-7-12(8-10-13)17(24)22-21-16(23)11-27-15-6-4-3-5-14(15)19/h3-10H,2,11H2,1H3,(H,20,25)(H,21,23)(H,22,24). The summed E-state index contributed by atoms with van der Waals surface area (Å²) in [5, 5.41) is 2.89. The number of anilines is 1. The number of amides is 3. The smallest absolute Gasteiger partial charge is 0.411 e. The Kier molecular flexibility index (Phi) is 7.45. The lowest BCUT2D eigenvalue weighted by molar-refractivity contribution is -0.123. The first-order chi connectivity index (χ1) is 13.0. The number of nitrogens with one attached hydrogen (secondary N) is 3. The van der Waals surface area contributed by atoms with E-state index in [0.717, 1.165) is 0 Å². The Labute approximate surface area is 160 Å². The predicted octanol–water partition coefficient (Wildman–Crippen LogP) is 2.75. The number of carbonyl (C=O) groups is 3. The summed E-state index contributed by atoms with van der Waals surface area (Å²) in [7, 11) is 0. The average molecular weight is 392 g/mol. The Bertz CT molecular complexity index is 811. The van der Waals surface area contributed by atoms with E-state index >= 15 is 0 Å². The van der Waals surface area contributed by atoms with Crippen LogP contribution >= 0.6 is 11.6 Å². The third-order valence-corrected chi connectivity index (χ3v) is 3.49. The highest BCUT2D eigenvalue weighted by Gasteiger charge is 2.09. The summed E-state index contributed by atoms with van der Waals surface area (Å²) >= 11 is 5.92. The van der Waals surface area contributed by atoms with Crippen molar-refractivity contribution in [2.45, 2.75) is 6.92 Å². The number of rotatable bonds is 6. The summed E-state index contributed by atoms with van der Waals surface area (Å²) in [4.78, 5) is 35.1. The van der Waals surface area contributed by atoms with Crippen molar-refractivity contribution in [3.8, 4) is 5.75 Å². The SMILES string of the molecule is CCOC(=O)Nc1ccc(C(=O)NNC(=O)COc2ccccc2Cl)cc1. The summed E-state index contributed by atoms with van der Waals surface area (Å²) in [6.45, 7) is 1.64. The molecule has 0 heterocycles. The van der Waals surface area contributed by atoms with Crippen molar-refractivity contribution in [1.29, 1.82) is 0 Å². The molecule has 27 heavy (non-hydrogen) atoms. The topological polar surface area (TPSA) is 106 Å². The molecule has 2 aromatic rings. The van der Waals surface area contributed by atoms with Crippen LogP contribution in [0, 0.1) is 0 Å². The molecule has 0 aliphatic rings. The van der Waals surface area contributed by atoms with E-state index in [4.69, 9.17) is 21.1 Å². The molecule has 2 rings (SSSR count). The fraction of sp³-hybridized carbons (Fsp3) is 0.167. The second-order valence-corrected chi connectivity index (χ2v) is 5.55. The van der Waals surface area contributed by atoms with Gasteiger partial charge in [-0.15, -0.1) is 0 Å². The molecule has 0 saturated heterocycles. The fourth-order valence-electron chi connectivity index (χ4n) is 1.93. The van der Waals surface area contributed by atoms with Gasteiger partial charge in [-0.1, -0.05) is 23.7 Å². The Balaban J connectivity index is 1.78. The fourth-order valence-corrected chi connectivity index (χ4v) is 2.12. The van der Waals surface area contributed by atoms with Crippen LogP contribution in [-0.4, -0.2) is 31.1 Å². The molecule has 0 aliphatic heterocycles. The number of ether oxygens (including phenoxy) is 2. The molecule has 0 unspecified atom stereocenters. The third-order valence-electron chi connectivity index (χ3n) is 3.18. The van der Waals surface area contributed by atoms with Crippen molar-refractivity contribution in [2.75, 3.05) is 18.5 Å². The van der Waals surface area contributed by atoms with Crippen molar-refractivity contribution < 1.29 is 23.9 Å². The highest BCUT2D eigenvalue weighted by atomic mass is 35.5. The van der Waals surface area contributed by atoms with E-state index in [9.17, 15) is 14.4 Å². The minimum absolute atomic E-state index is 0.256. The zero-order valence-electron chi connectivity index (χ0n) is 14.5. The number of benzene rings is 2. The van der Waals surface area contributed by atoms with Crippen molar-refractivity contribution in [3.05, 3.63) is 59.1 Å². The van der Waals surface area contributed by atoms with Gasteiger partial charge in [0.2, 0.25) is 0 Å². The van der Waals surface area contributed by atoms with Gasteiger partial charge < -0.3 is 9.47 Å². The van der Waals surface area contributed by atoms with Crippen molar-refractivity contribution in [3.63, 3.8) is 0 Å². The highest BCUT2D eigenvalue weighted by Crippen LogP contribution is 2.22. The summed E-state index contributed by atoms with van der Waals surface area (Å²) in [5.41, 5.74) is 5.27. The molecule has 142 valence electrons. The van der Waals surface area contributed by atoms with Crippen LogP contribution in [0.5, 0.6) is 5.75 Å². The maximum atomic E-state index is 12.0. The molecule has 0 fully saturated rings. The summed E-state index contributed by atoms with van der Waals surface area (Å²) < 4.78 is 10.0. The predicted molar refractivity (Wildman–Crippen MR) is 99.6 cm³/mol. The first-order valence-electron chi connectivity index (χ1n) is 8.00. The molecule has 3 amide bonds. The molecular formula is C18H18ClN3O5. The van der Waals surface area contributed by atoms with Gasteiger partial charge in [0.25, 0.3) is 11.8 Å². The van der Waals surface area contributed by atoms with E-state index in [2.05, 4.69) is 16.2 Å². The van der Waals surface area contributed by atoms with Crippen LogP contribution in [0.25, 0.3) is 0 Å². The van der Waals surface area contributed by atoms with Gasteiger partial charge in [0.1, 0.15) is 5.75 Å². The van der Waals surface area contributed by atoms with Crippen molar-refractivity contribution in [1.82, 2.24) is 10.9 Å². The van der Waals surface area contributed by atoms with Gasteiger partial charge in [0.05, 0.1) is 11.6 Å². The molecule has 0 saturated carbocycles. The lowest BCUT2D eigenvalue weighted by atomic mass is 10.2. The Hall–Kier alpha value is -3.26. The Morgan fingerprint density at radius 2 is 1.70 bits per heavy atom. The molecule has 3 N–H and O–H groups in total. The van der Waals surface area contributed by atoms with E-state index in [1.807, 2.05) is 0 Å². The van der Waals surface area contributed by atoms with Gasteiger partial charge in [0, 0.05) is 11.3 Å². The summed E-state index contributed by atoms with van der Waals surface area (Å²) in [5.74, 6) is -0.710. The largest absolute Gasteiger partial charge is 0.482 e. The maximum Gasteiger partial charge on any atom is 0.411 e. The van der Waals surface area contributed by atoms with Gasteiger partial charge >= 0.3 is 6.09 Å². The highest BCUT2D eigenvalue weighted by molar-refractivity contribution is 6.32. The normalized spacial score (nSPS) is 9.85. The van der Waals surface area contributed by atoms with Crippen LogP contribution in [0.3, 0.4) is 0 Å². The average Bonchev–Trinajstić information content (AvgIpc) is 2.66. The van der Waals surface area contributed by atoms with Crippen LogP contribution < -0.4 is 20.9 Å². The van der Waals surface area contributed by atoms with E-state index in [-0.39, 0.29) is 18.8 Å². The Morgan fingerprint density at radius 3 is 2.37 bits per heavy atom. The van der Waals surface area contributed by atoms with Gasteiger partial charge in [-0.05, 0) is 43.3 Å². The van der Waals surface area contributed by atoms with Crippen LogP contribution in [0.2, 0.25) is 5.02 Å². The van der Waals surface area contributed by atoms with Gasteiger partial charge in [-0.25, -0.2) is 4.79 Å². The zero-order valence-corrected chi connectivity index (χ0v) is 15.2. The molecular weight excluding hydrogens is 374 g/mol. The summed E-state index contributed by atoms with van der Waals surface area (Å²) in [6, 6.07) is 12.8. The van der Waals surface area contributed by atoms with E-state index in [1.165, 1.54) is 24.3 Å². The second-order valence-electron chi connectivity index (χ2n) is 5.14. The molecule has 0 atom stereocenters. The monoisotopic (exact) mass is 391 g/mol. The van der Waals surface area contributed by atoms with E-state index in [1.54, 1.807) is 31.2 Å². The first kappa shape index (κ1) is 20.1. The minimum Gasteiger partial charge on any atom is -0.482 e. The molecule has 0 radical (unpaired) electrons. The molecule has 2 aromatic carbocycles. The van der Waals surface area contributed by atoms with E-state index in [0.29, 0.717) is 16.5 Å². The van der Waals surface area contributed by atoms with Gasteiger partial charge in [0.15, 0.2) is 6.61 Å². The van der Waals surface area contributed by atoms with Crippen LogP contribution in [0.1, 0.15) is 17.3 Å². The molecule has 0 aromatic heterocycles. The molecule has 0 spiro atoms.